The maximum absolute atomic E-state index is 13.1. The van der Waals surface area contributed by atoms with Gasteiger partial charge in [0, 0.05) is 13.1 Å². The molecule has 4 nitrogen and oxygen atoms in total. The maximum atomic E-state index is 13.1. The molecule has 1 heterocycles. The van der Waals surface area contributed by atoms with Crippen LogP contribution in [0.3, 0.4) is 0 Å². The molecule has 0 bridgehead atoms. The Kier molecular flexibility index (Phi) is 7.99. The molecule has 1 aliphatic heterocycles. The molecule has 0 saturated carbocycles. The Morgan fingerprint density at radius 2 is 1.53 bits per heavy atom. The van der Waals surface area contributed by atoms with E-state index in [1.807, 2.05) is 36.4 Å². The maximum Gasteiger partial charge on any atom is 0.150 e. The van der Waals surface area contributed by atoms with Gasteiger partial charge in [-0.3, -0.25) is 0 Å². The summed E-state index contributed by atoms with van der Waals surface area (Å²) >= 11 is 0. The second kappa shape index (κ2) is 11.5. The Morgan fingerprint density at radius 3 is 2.31 bits per heavy atom. The molecule has 0 radical (unpaired) electrons. The quantitative estimate of drug-likeness (QED) is 0.370. The van der Waals surface area contributed by atoms with Crippen molar-refractivity contribution in [2.24, 2.45) is 0 Å². The van der Waals surface area contributed by atoms with E-state index in [1.165, 1.54) is 44.5 Å². The average molecular weight is 435 g/mol. The molecule has 0 unspecified atom stereocenters. The zero-order valence-corrected chi connectivity index (χ0v) is 18.4. The highest BCUT2D eigenvalue weighted by Gasteiger charge is 2.09. The number of nitrogens with one attached hydrogen (secondary N) is 1. The Hall–Kier alpha value is -3.05. The molecule has 0 atom stereocenters. The van der Waals surface area contributed by atoms with Gasteiger partial charge in [-0.2, -0.15) is 0 Å². The largest absolute Gasteiger partial charge is 0.494 e. The summed E-state index contributed by atoms with van der Waals surface area (Å²) in [5, 5.41) is 3.42. The third-order valence-corrected chi connectivity index (χ3v) is 5.67. The Bertz CT molecular complexity index is 954. The summed E-state index contributed by atoms with van der Waals surface area (Å²) in [7, 11) is 0. The van der Waals surface area contributed by atoms with Crippen molar-refractivity contribution in [3.63, 3.8) is 0 Å². The number of benzene rings is 3. The number of rotatable bonds is 10. The van der Waals surface area contributed by atoms with E-state index in [-0.39, 0.29) is 5.82 Å². The van der Waals surface area contributed by atoms with Crippen molar-refractivity contribution >= 4 is 5.69 Å². The van der Waals surface area contributed by atoms with Crippen LogP contribution in [0.2, 0.25) is 0 Å². The lowest BCUT2D eigenvalue weighted by Crippen LogP contribution is -2.31. The summed E-state index contributed by atoms with van der Waals surface area (Å²) in [4.78, 5) is 2.54. The van der Waals surface area contributed by atoms with E-state index in [0.717, 1.165) is 36.6 Å². The second-order valence-corrected chi connectivity index (χ2v) is 8.15. The first-order valence-electron chi connectivity index (χ1n) is 11.5. The van der Waals surface area contributed by atoms with Gasteiger partial charge < -0.3 is 19.7 Å². The van der Waals surface area contributed by atoms with Gasteiger partial charge in [-0.1, -0.05) is 30.7 Å². The topological polar surface area (TPSA) is 33.7 Å². The van der Waals surface area contributed by atoms with Crippen molar-refractivity contribution in [2.45, 2.75) is 32.2 Å². The van der Waals surface area contributed by atoms with Crippen molar-refractivity contribution in [1.82, 2.24) is 4.90 Å². The van der Waals surface area contributed by atoms with Crippen molar-refractivity contribution in [1.29, 1.82) is 0 Å². The highest BCUT2D eigenvalue weighted by Crippen LogP contribution is 2.29. The third kappa shape index (κ3) is 6.72. The number of halogens is 1. The van der Waals surface area contributed by atoms with E-state index in [1.54, 1.807) is 12.1 Å². The number of nitrogens with zero attached hydrogens (tertiary/aromatic N) is 1. The molecule has 1 fully saturated rings. The van der Waals surface area contributed by atoms with Gasteiger partial charge >= 0.3 is 0 Å². The summed E-state index contributed by atoms with van der Waals surface area (Å²) in [6, 6.07) is 22.0. The minimum Gasteiger partial charge on any atom is -0.494 e. The molecule has 168 valence electrons. The van der Waals surface area contributed by atoms with Crippen molar-refractivity contribution in [2.75, 3.05) is 31.6 Å². The number of likely N-dealkylation sites (tertiary alicyclic amines) is 1. The Morgan fingerprint density at radius 1 is 0.812 bits per heavy atom. The fourth-order valence-electron chi connectivity index (χ4n) is 3.89. The van der Waals surface area contributed by atoms with Crippen molar-refractivity contribution in [3.05, 3.63) is 84.2 Å². The lowest BCUT2D eigenvalue weighted by atomic mass is 10.1. The number of anilines is 1. The Labute approximate surface area is 190 Å². The zero-order valence-electron chi connectivity index (χ0n) is 18.4. The van der Waals surface area contributed by atoms with E-state index in [9.17, 15) is 4.39 Å². The van der Waals surface area contributed by atoms with Crippen LogP contribution in [0.5, 0.6) is 17.2 Å². The molecular weight excluding hydrogens is 403 g/mol. The van der Waals surface area contributed by atoms with Crippen LogP contribution in [0.4, 0.5) is 10.1 Å². The fraction of sp³-hybridized carbons (Fsp3) is 0.333. The van der Waals surface area contributed by atoms with E-state index < -0.39 is 0 Å². The van der Waals surface area contributed by atoms with Crippen LogP contribution >= 0.6 is 0 Å². The monoisotopic (exact) mass is 434 g/mol. The number of piperidine rings is 1. The summed E-state index contributed by atoms with van der Waals surface area (Å²) in [5.74, 6) is 1.93. The predicted octanol–water partition coefficient (Wildman–Crippen LogP) is 6.48. The van der Waals surface area contributed by atoms with E-state index in [2.05, 4.69) is 22.3 Å². The van der Waals surface area contributed by atoms with Crippen LogP contribution in [0, 0.1) is 5.82 Å². The second-order valence-electron chi connectivity index (χ2n) is 8.15. The van der Waals surface area contributed by atoms with Gasteiger partial charge in [0.1, 0.15) is 17.3 Å². The van der Waals surface area contributed by atoms with Gasteiger partial charge in [-0.05, 0) is 86.4 Å². The lowest BCUT2D eigenvalue weighted by molar-refractivity contribution is 0.205. The minimum absolute atomic E-state index is 0.279. The molecule has 3 aromatic carbocycles. The highest BCUT2D eigenvalue weighted by atomic mass is 19.1. The molecule has 4 rings (SSSR count). The van der Waals surface area contributed by atoms with Gasteiger partial charge in [-0.15, -0.1) is 0 Å². The number of ether oxygens (including phenoxy) is 2. The molecule has 0 aliphatic carbocycles. The molecule has 0 spiro atoms. The van der Waals surface area contributed by atoms with Crippen LogP contribution in [-0.2, 0) is 6.54 Å². The molecular formula is C27H31FN2O2. The van der Waals surface area contributed by atoms with E-state index >= 15 is 0 Å². The summed E-state index contributed by atoms with van der Waals surface area (Å²) < 4.78 is 25.0. The minimum atomic E-state index is -0.279. The summed E-state index contributed by atoms with van der Waals surface area (Å²) in [5.41, 5.74) is 2.04. The number of para-hydroxylation sites is 2. The van der Waals surface area contributed by atoms with Crippen LogP contribution < -0.4 is 14.8 Å². The van der Waals surface area contributed by atoms with Gasteiger partial charge in [0.25, 0.3) is 0 Å². The highest BCUT2D eigenvalue weighted by molar-refractivity contribution is 5.57. The molecule has 1 N–H and O–H groups in total. The molecule has 1 saturated heterocycles. The summed E-state index contributed by atoms with van der Waals surface area (Å²) in [6.07, 6.45) is 5.10. The van der Waals surface area contributed by atoms with Crippen LogP contribution in [0.25, 0.3) is 0 Å². The fourth-order valence-corrected chi connectivity index (χ4v) is 3.89. The lowest BCUT2D eigenvalue weighted by Gasteiger charge is -2.26. The Balaban J connectivity index is 1.24. The van der Waals surface area contributed by atoms with E-state index in [4.69, 9.17) is 9.47 Å². The van der Waals surface area contributed by atoms with Crippen LogP contribution in [-0.4, -0.2) is 31.1 Å². The van der Waals surface area contributed by atoms with Gasteiger partial charge in [-0.25, -0.2) is 4.39 Å². The van der Waals surface area contributed by atoms with Gasteiger partial charge in [0.05, 0.1) is 12.3 Å². The molecule has 32 heavy (non-hydrogen) atoms. The number of hydrogen-bond acceptors (Lipinski definition) is 4. The molecule has 1 aliphatic rings. The normalized spacial score (nSPS) is 14.2. The van der Waals surface area contributed by atoms with Gasteiger partial charge in [0.2, 0.25) is 0 Å². The molecule has 5 heteroatoms. The van der Waals surface area contributed by atoms with E-state index in [0.29, 0.717) is 18.0 Å². The van der Waals surface area contributed by atoms with Crippen LogP contribution in [0.1, 0.15) is 31.2 Å². The average Bonchev–Trinajstić information content (AvgIpc) is 2.84. The van der Waals surface area contributed by atoms with Crippen molar-refractivity contribution in [3.8, 4) is 17.2 Å². The first-order valence-corrected chi connectivity index (χ1v) is 11.5. The summed E-state index contributed by atoms with van der Waals surface area (Å²) in [6.45, 7) is 5.02. The first-order chi connectivity index (χ1) is 15.8. The van der Waals surface area contributed by atoms with Crippen LogP contribution in [0.15, 0.2) is 72.8 Å². The first kappa shape index (κ1) is 22.2. The smallest absolute Gasteiger partial charge is 0.150 e. The molecule has 0 aromatic heterocycles. The predicted molar refractivity (Wildman–Crippen MR) is 127 cm³/mol. The zero-order chi connectivity index (χ0) is 22.0. The standard InChI is InChI=1S/C27H31FN2O2/c28-23-11-15-25(16-12-23)32-27-8-3-2-7-26(27)29-21-22-9-13-24(14-10-22)31-20-6-19-30-17-4-1-5-18-30/h2-3,7-16,29H,1,4-6,17-21H2. The number of hydrogen-bond donors (Lipinski definition) is 1. The third-order valence-electron chi connectivity index (χ3n) is 5.67. The van der Waals surface area contributed by atoms with Gasteiger partial charge in [0.15, 0.2) is 5.75 Å². The molecule has 0 amide bonds. The van der Waals surface area contributed by atoms with Crippen molar-refractivity contribution < 1.29 is 13.9 Å². The SMILES string of the molecule is Fc1ccc(Oc2ccccc2NCc2ccc(OCCCN3CCCCC3)cc2)cc1. The molecule has 3 aromatic rings.